The van der Waals surface area contributed by atoms with Crippen molar-refractivity contribution in [3.05, 3.63) is 36.2 Å². The average molecular weight is 260 g/mol. The molecule has 19 heavy (non-hydrogen) atoms. The van der Waals surface area contributed by atoms with E-state index in [1.165, 1.54) is 0 Å². The monoisotopic (exact) mass is 260 g/mol. The number of aromatic nitrogens is 4. The van der Waals surface area contributed by atoms with Gasteiger partial charge in [0.25, 0.3) is 0 Å². The Bertz CT molecular complexity index is 516. The molecule has 2 aromatic rings. The Morgan fingerprint density at radius 2 is 1.89 bits per heavy atom. The van der Waals surface area contributed by atoms with E-state index in [4.69, 9.17) is 0 Å². The highest BCUT2D eigenvalue weighted by molar-refractivity contribution is 5.30. The third-order valence-electron chi connectivity index (χ3n) is 3.18. The standard InChI is InChI=1S/C14H20N4O/c1-14(2,3)12(19)9-10-13-15-16-17-18(13)11-7-5-4-6-8-11/h4-8,12,19H,9-10H2,1-3H3. The largest absolute Gasteiger partial charge is 0.393 e. The first-order valence-corrected chi connectivity index (χ1v) is 6.49. The van der Waals surface area contributed by atoms with Crippen LogP contribution in [0.2, 0.25) is 0 Å². The van der Waals surface area contributed by atoms with Crippen LogP contribution in [0.3, 0.4) is 0 Å². The smallest absolute Gasteiger partial charge is 0.156 e. The molecule has 0 aliphatic rings. The summed E-state index contributed by atoms with van der Waals surface area (Å²) in [6.07, 6.45) is 0.935. The molecule has 0 fully saturated rings. The molecule has 0 amide bonds. The zero-order chi connectivity index (χ0) is 13.9. The van der Waals surface area contributed by atoms with E-state index in [0.29, 0.717) is 12.8 Å². The van der Waals surface area contributed by atoms with Gasteiger partial charge in [0.05, 0.1) is 11.8 Å². The van der Waals surface area contributed by atoms with Crippen LogP contribution >= 0.6 is 0 Å². The first kappa shape index (κ1) is 13.7. The molecule has 1 aromatic carbocycles. The highest BCUT2D eigenvalue weighted by atomic mass is 16.3. The molecule has 0 saturated carbocycles. The highest BCUT2D eigenvalue weighted by Crippen LogP contribution is 2.22. The van der Waals surface area contributed by atoms with Crippen molar-refractivity contribution in [2.75, 3.05) is 0 Å². The van der Waals surface area contributed by atoms with Gasteiger partial charge in [-0.25, -0.2) is 0 Å². The maximum Gasteiger partial charge on any atom is 0.156 e. The van der Waals surface area contributed by atoms with Gasteiger partial charge in [-0.05, 0) is 34.4 Å². The Balaban J connectivity index is 2.09. The number of benzene rings is 1. The van der Waals surface area contributed by atoms with Crippen molar-refractivity contribution in [3.8, 4) is 5.69 Å². The molecule has 0 radical (unpaired) electrons. The summed E-state index contributed by atoms with van der Waals surface area (Å²) >= 11 is 0. The topological polar surface area (TPSA) is 63.8 Å². The van der Waals surface area contributed by atoms with Crippen molar-refractivity contribution in [1.82, 2.24) is 20.2 Å². The minimum absolute atomic E-state index is 0.120. The van der Waals surface area contributed by atoms with Crippen molar-refractivity contribution in [3.63, 3.8) is 0 Å². The number of rotatable bonds is 4. The lowest BCUT2D eigenvalue weighted by molar-refractivity contribution is 0.0554. The van der Waals surface area contributed by atoms with Crippen LogP contribution in [0.1, 0.15) is 33.0 Å². The quantitative estimate of drug-likeness (QED) is 0.913. The number of para-hydroxylation sites is 1. The molecule has 1 unspecified atom stereocenters. The fourth-order valence-corrected chi connectivity index (χ4v) is 1.83. The van der Waals surface area contributed by atoms with Crippen LogP contribution in [0, 0.1) is 5.41 Å². The minimum Gasteiger partial charge on any atom is -0.393 e. The molecule has 0 saturated heterocycles. The van der Waals surface area contributed by atoms with Crippen LogP contribution in [-0.4, -0.2) is 31.4 Å². The minimum atomic E-state index is -0.367. The Morgan fingerprint density at radius 3 is 2.53 bits per heavy atom. The number of hydrogen-bond donors (Lipinski definition) is 1. The number of nitrogens with zero attached hydrogens (tertiary/aromatic N) is 4. The second-order valence-electron chi connectivity index (χ2n) is 5.76. The van der Waals surface area contributed by atoms with Gasteiger partial charge in [0, 0.05) is 6.42 Å². The van der Waals surface area contributed by atoms with Crippen molar-refractivity contribution >= 4 is 0 Å². The third kappa shape index (κ3) is 3.38. The molecule has 0 aliphatic carbocycles. The lowest BCUT2D eigenvalue weighted by atomic mass is 9.86. The SMILES string of the molecule is CC(C)(C)C(O)CCc1nnnn1-c1ccccc1. The molecule has 102 valence electrons. The van der Waals surface area contributed by atoms with Crippen LogP contribution < -0.4 is 0 Å². The zero-order valence-corrected chi connectivity index (χ0v) is 11.6. The molecule has 1 heterocycles. The number of aliphatic hydroxyl groups excluding tert-OH is 1. The van der Waals surface area contributed by atoms with E-state index in [2.05, 4.69) is 15.5 Å². The van der Waals surface area contributed by atoms with Crippen molar-refractivity contribution in [2.45, 2.75) is 39.7 Å². The van der Waals surface area contributed by atoms with Gasteiger partial charge in [-0.1, -0.05) is 39.0 Å². The summed E-state index contributed by atoms with van der Waals surface area (Å²) < 4.78 is 1.72. The fourth-order valence-electron chi connectivity index (χ4n) is 1.83. The van der Waals surface area contributed by atoms with Gasteiger partial charge >= 0.3 is 0 Å². The average Bonchev–Trinajstić information content (AvgIpc) is 2.84. The summed E-state index contributed by atoms with van der Waals surface area (Å²) in [5, 5.41) is 21.8. The molecule has 0 bridgehead atoms. The van der Waals surface area contributed by atoms with E-state index >= 15 is 0 Å². The second kappa shape index (κ2) is 5.48. The van der Waals surface area contributed by atoms with Crippen LogP contribution in [0.25, 0.3) is 5.69 Å². The van der Waals surface area contributed by atoms with Gasteiger partial charge in [-0.3, -0.25) is 0 Å². The number of tetrazole rings is 1. The molecule has 1 N–H and O–H groups in total. The molecular weight excluding hydrogens is 240 g/mol. The van der Waals surface area contributed by atoms with E-state index in [1.54, 1.807) is 4.68 Å². The molecule has 0 spiro atoms. The third-order valence-corrected chi connectivity index (χ3v) is 3.18. The predicted octanol–water partition coefficient (Wildman–Crippen LogP) is 2.00. The Morgan fingerprint density at radius 1 is 1.21 bits per heavy atom. The Hall–Kier alpha value is -1.75. The summed E-state index contributed by atoms with van der Waals surface area (Å²) in [4.78, 5) is 0. The molecule has 0 aliphatic heterocycles. The van der Waals surface area contributed by atoms with Crippen molar-refractivity contribution < 1.29 is 5.11 Å². The fraction of sp³-hybridized carbons (Fsp3) is 0.500. The maximum atomic E-state index is 10.1. The van der Waals surface area contributed by atoms with Gasteiger partial charge < -0.3 is 5.11 Å². The lowest BCUT2D eigenvalue weighted by Crippen LogP contribution is -2.26. The first-order chi connectivity index (χ1) is 8.98. The number of aliphatic hydroxyl groups is 1. The summed E-state index contributed by atoms with van der Waals surface area (Å²) in [5.74, 6) is 0.773. The highest BCUT2D eigenvalue weighted by Gasteiger charge is 2.22. The molecule has 1 aromatic heterocycles. The maximum absolute atomic E-state index is 10.1. The van der Waals surface area contributed by atoms with E-state index in [-0.39, 0.29) is 11.5 Å². The molecule has 1 atom stereocenters. The van der Waals surface area contributed by atoms with E-state index in [0.717, 1.165) is 11.5 Å². The molecule has 5 nitrogen and oxygen atoms in total. The Labute approximate surface area is 113 Å². The van der Waals surface area contributed by atoms with E-state index in [1.807, 2.05) is 51.1 Å². The van der Waals surface area contributed by atoms with Gasteiger partial charge in [0.15, 0.2) is 5.82 Å². The second-order valence-corrected chi connectivity index (χ2v) is 5.76. The molecule has 2 rings (SSSR count). The predicted molar refractivity (Wildman–Crippen MR) is 72.9 cm³/mol. The molecular formula is C14H20N4O. The van der Waals surface area contributed by atoms with E-state index in [9.17, 15) is 5.11 Å². The van der Waals surface area contributed by atoms with Gasteiger partial charge in [-0.2, -0.15) is 4.68 Å². The van der Waals surface area contributed by atoms with E-state index < -0.39 is 0 Å². The first-order valence-electron chi connectivity index (χ1n) is 6.49. The van der Waals surface area contributed by atoms with Crippen LogP contribution in [-0.2, 0) is 6.42 Å². The summed E-state index contributed by atoms with van der Waals surface area (Å²) in [6, 6.07) is 9.77. The number of hydrogen-bond acceptors (Lipinski definition) is 4. The summed E-state index contributed by atoms with van der Waals surface area (Å²) in [7, 11) is 0. The van der Waals surface area contributed by atoms with Gasteiger partial charge in [-0.15, -0.1) is 5.10 Å². The van der Waals surface area contributed by atoms with Crippen LogP contribution in [0.15, 0.2) is 30.3 Å². The summed E-state index contributed by atoms with van der Waals surface area (Å²) in [6.45, 7) is 6.08. The summed E-state index contributed by atoms with van der Waals surface area (Å²) in [5.41, 5.74) is 0.818. The van der Waals surface area contributed by atoms with Gasteiger partial charge in [0.1, 0.15) is 0 Å². The van der Waals surface area contributed by atoms with Crippen molar-refractivity contribution in [2.24, 2.45) is 5.41 Å². The zero-order valence-electron chi connectivity index (χ0n) is 11.6. The van der Waals surface area contributed by atoms with Crippen molar-refractivity contribution in [1.29, 1.82) is 0 Å². The molecule has 5 heteroatoms. The normalized spacial score (nSPS) is 13.5. The van der Waals surface area contributed by atoms with Crippen LogP contribution in [0.4, 0.5) is 0 Å². The lowest BCUT2D eigenvalue weighted by Gasteiger charge is -2.25. The van der Waals surface area contributed by atoms with Gasteiger partial charge in [0.2, 0.25) is 0 Å². The van der Waals surface area contributed by atoms with Crippen LogP contribution in [0.5, 0.6) is 0 Å². The Kier molecular flexibility index (Phi) is 3.95. The number of aryl methyl sites for hydroxylation is 1.